The minimum atomic E-state index is -3.25. The number of carbonyl (C=O) groups is 1. The molecule has 0 aliphatic heterocycles. The monoisotopic (exact) mass is 402 g/mol. The minimum absolute atomic E-state index is 0.0377. The van der Waals surface area contributed by atoms with Crippen molar-refractivity contribution >= 4 is 21.4 Å². The van der Waals surface area contributed by atoms with Gasteiger partial charge in [-0.15, -0.1) is 0 Å². The van der Waals surface area contributed by atoms with E-state index < -0.39 is 15.7 Å². The summed E-state index contributed by atoms with van der Waals surface area (Å²) in [5.41, 5.74) is 2.44. The molecule has 7 heteroatoms. The van der Waals surface area contributed by atoms with Crippen LogP contribution in [0.4, 0.5) is 10.1 Å². The third-order valence-corrected chi connectivity index (χ3v) is 5.14. The van der Waals surface area contributed by atoms with E-state index in [1.807, 2.05) is 30.3 Å². The van der Waals surface area contributed by atoms with Gasteiger partial charge in [0.2, 0.25) is 0 Å². The van der Waals surface area contributed by atoms with Gasteiger partial charge in [-0.25, -0.2) is 12.8 Å². The summed E-state index contributed by atoms with van der Waals surface area (Å²) in [5, 5.41) is 6.87. The molecule has 3 rings (SSSR count). The van der Waals surface area contributed by atoms with Gasteiger partial charge in [-0.2, -0.15) is 0 Å². The first kappa shape index (κ1) is 20.1. The third-order valence-electron chi connectivity index (χ3n) is 4.45. The molecular formula is C21H23FN2O3S. The zero-order valence-electron chi connectivity index (χ0n) is 15.6. The van der Waals surface area contributed by atoms with Gasteiger partial charge in [-0.3, -0.25) is 4.79 Å². The molecule has 2 N–H and O–H groups in total. The molecule has 28 heavy (non-hydrogen) atoms. The van der Waals surface area contributed by atoms with E-state index in [2.05, 4.69) is 10.6 Å². The van der Waals surface area contributed by atoms with Crippen LogP contribution in [-0.4, -0.2) is 27.1 Å². The maximum atomic E-state index is 14.5. The molecule has 1 amide bonds. The van der Waals surface area contributed by atoms with Gasteiger partial charge in [0.1, 0.15) is 5.82 Å². The smallest absolute Gasteiger partial charge is 0.253 e. The maximum absolute atomic E-state index is 14.5. The van der Waals surface area contributed by atoms with Gasteiger partial charge in [0.05, 0.1) is 5.56 Å². The van der Waals surface area contributed by atoms with Gasteiger partial charge in [0, 0.05) is 30.4 Å². The Morgan fingerprint density at radius 1 is 1.21 bits per heavy atom. The molecular weight excluding hydrogens is 379 g/mol. The summed E-state index contributed by atoms with van der Waals surface area (Å²) in [6, 6.07) is 12.7. The highest BCUT2D eigenvalue weighted by molar-refractivity contribution is 7.93. The summed E-state index contributed by atoms with van der Waals surface area (Å²) in [6.07, 6.45) is 4.33. The first-order valence-electron chi connectivity index (χ1n) is 9.09. The van der Waals surface area contributed by atoms with E-state index in [-0.39, 0.29) is 23.8 Å². The Kier molecular flexibility index (Phi) is 6.14. The topological polar surface area (TPSA) is 75.3 Å². The number of sulfone groups is 1. The van der Waals surface area contributed by atoms with Crippen molar-refractivity contribution in [3.63, 3.8) is 0 Å². The molecule has 1 fully saturated rings. The van der Waals surface area contributed by atoms with Crippen LogP contribution >= 0.6 is 0 Å². The molecule has 1 aliphatic rings. The lowest BCUT2D eigenvalue weighted by atomic mass is 10.0. The molecule has 0 aromatic heterocycles. The average Bonchev–Trinajstić information content (AvgIpc) is 3.49. The fourth-order valence-electron chi connectivity index (χ4n) is 2.89. The Labute approximate surface area is 164 Å². The number of rotatable bonds is 8. The largest absolute Gasteiger partial charge is 0.380 e. The highest BCUT2D eigenvalue weighted by atomic mass is 32.2. The van der Waals surface area contributed by atoms with Crippen molar-refractivity contribution in [2.45, 2.75) is 25.3 Å². The molecule has 1 aliphatic carbocycles. The molecule has 2 aromatic carbocycles. The highest BCUT2D eigenvalue weighted by Crippen LogP contribution is 2.42. The summed E-state index contributed by atoms with van der Waals surface area (Å²) < 4.78 is 36.7. The number of halogens is 1. The first-order chi connectivity index (χ1) is 13.3. The molecule has 0 spiro atoms. The standard InChI is InChI=1S/C21H23FN2O3S/c1-28(26,27)11-5-10-23-21(25)18-12-19(22)17(16-8-9-16)13-20(18)24-14-15-6-3-2-4-7-15/h2-7,11-13,16,24H,8-10,14H2,1H3,(H,23,25)/b11-5+. The predicted molar refractivity (Wildman–Crippen MR) is 108 cm³/mol. The Bertz CT molecular complexity index is 984. The van der Waals surface area contributed by atoms with Crippen molar-refractivity contribution < 1.29 is 17.6 Å². The van der Waals surface area contributed by atoms with Gasteiger partial charge >= 0.3 is 0 Å². The van der Waals surface area contributed by atoms with Gasteiger partial charge in [-0.1, -0.05) is 36.4 Å². The van der Waals surface area contributed by atoms with E-state index in [1.54, 1.807) is 6.07 Å². The molecule has 2 aromatic rings. The Morgan fingerprint density at radius 2 is 1.93 bits per heavy atom. The lowest BCUT2D eigenvalue weighted by molar-refractivity contribution is 0.0958. The molecule has 5 nitrogen and oxygen atoms in total. The molecule has 148 valence electrons. The van der Waals surface area contributed by atoms with Crippen molar-refractivity contribution in [2.24, 2.45) is 0 Å². The Balaban J connectivity index is 1.78. The summed E-state index contributed by atoms with van der Waals surface area (Å²) >= 11 is 0. The van der Waals surface area contributed by atoms with Crippen molar-refractivity contribution in [3.05, 3.63) is 76.5 Å². The van der Waals surface area contributed by atoms with Crippen molar-refractivity contribution in [1.82, 2.24) is 5.32 Å². The van der Waals surface area contributed by atoms with Crippen LogP contribution in [0.15, 0.2) is 53.9 Å². The second-order valence-corrected chi connectivity index (χ2v) is 8.88. The minimum Gasteiger partial charge on any atom is -0.380 e. The van der Waals surface area contributed by atoms with Crippen molar-refractivity contribution in [2.75, 3.05) is 18.1 Å². The van der Waals surface area contributed by atoms with Crippen LogP contribution in [0.3, 0.4) is 0 Å². The number of nitrogens with one attached hydrogen (secondary N) is 2. The average molecular weight is 402 g/mol. The first-order valence-corrected chi connectivity index (χ1v) is 11.0. The second-order valence-electron chi connectivity index (χ2n) is 6.94. The van der Waals surface area contributed by atoms with E-state index in [1.165, 1.54) is 12.1 Å². The van der Waals surface area contributed by atoms with Crippen LogP contribution in [-0.2, 0) is 16.4 Å². The van der Waals surface area contributed by atoms with Crippen molar-refractivity contribution in [1.29, 1.82) is 0 Å². The van der Waals surface area contributed by atoms with Gasteiger partial charge < -0.3 is 10.6 Å². The Hall–Kier alpha value is -2.67. The van der Waals surface area contributed by atoms with E-state index in [0.717, 1.165) is 30.1 Å². The fourth-order valence-corrected chi connectivity index (χ4v) is 3.34. The van der Waals surface area contributed by atoms with Gasteiger partial charge in [-0.05, 0) is 42.0 Å². The summed E-state index contributed by atoms with van der Waals surface area (Å²) in [6.45, 7) is 0.543. The van der Waals surface area contributed by atoms with Crippen LogP contribution in [0.1, 0.15) is 40.2 Å². The molecule has 0 atom stereocenters. The summed E-state index contributed by atoms with van der Waals surface area (Å²) in [7, 11) is -3.25. The lowest BCUT2D eigenvalue weighted by Gasteiger charge is -2.15. The molecule has 0 saturated heterocycles. The number of carbonyl (C=O) groups excluding carboxylic acids is 1. The Morgan fingerprint density at radius 3 is 2.57 bits per heavy atom. The third kappa shape index (κ3) is 5.66. The number of hydrogen-bond acceptors (Lipinski definition) is 4. The second kappa shape index (κ2) is 8.56. The quantitative estimate of drug-likeness (QED) is 0.707. The van der Waals surface area contributed by atoms with Gasteiger partial charge in [0.15, 0.2) is 9.84 Å². The number of benzene rings is 2. The van der Waals surface area contributed by atoms with Crippen LogP contribution in [0.2, 0.25) is 0 Å². The lowest BCUT2D eigenvalue weighted by Crippen LogP contribution is -2.25. The van der Waals surface area contributed by atoms with E-state index in [0.29, 0.717) is 17.8 Å². The van der Waals surface area contributed by atoms with Crippen LogP contribution in [0, 0.1) is 5.82 Å². The summed E-state index contributed by atoms with van der Waals surface area (Å²) in [4.78, 5) is 12.5. The predicted octanol–water partition coefficient (Wildman–Crippen LogP) is 3.60. The SMILES string of the molecule is CS(=O)(=O)/C=C/CNC(=O)c1cc(F)c(C2CC2)cc1NCc1ccccc1. The summed E-state index contributed by atoms with van der Waals surface area (Å²) in [5.74, 6) is -0.633. The maximum Gasteiger partial charge on any atom is 0.253 e. The molecule has 0 heterocycles. The fraction of sp³-hybridized carbons (Fsp3) is 0.286. The number of anilines is 1. The zero-order chi connectivity index (χ0) is 20.1. The zero-order valence-corrected chi connectivity index (χ0v) is 16.4. The highest BCUT2D eigenvalue weighted by Gasteiger charge is 2.28. The van der Waals surface area contributed by atoms with Crippen molar-refractivity contribution in [3.8, 4) is 0 Å². The molecule has 0 radical (unpaired) electrons. The molecule has 0 bridgehead atoms. The normalized spacial score (nSPS) is 14.2. The van der Waals surface area contributed by atoms with Crippen LogP contribution in [0.25, 0.3) is 0 Å². The molecule has 0 unspecified atom stereocenters. The van der Waals surface area contributed by atoms with Gasteiger partial charge in [0.25, 0.3) is 5.91 Å². The molecule has 1 saturated carbocycles. The number of amides is 1. The van der Waals surface area contributed by atoms with Crippen LogP contribution in [0.5, 0.6) is 0 Å². The van der Waals surface area contributed by atoms with E-state index in [9.17, 15) is 17.6 Å². The van der Waals surface area contributed by atoms with E-state index >= 15 is 0 Å². The van der Waals surface area contributed by atoms with Crippen LogP contribution < -0.4 is 10.6 Å². The number of hydrogen-bond donors (Lipinski definition) is 2. The van der Waals surface area contributed by atoms with E-state index in [4.69, 9.17) is 0 Å².